The molecule has 6 nitrogen and oxygen atoms in total. The maximum atomic E-state index is 10.5. The molecule has 3 aromatic rings. The second-order valence-corrected chi connectivity index (χ2v) is 6.97. The first kappa shape index (κ1) is 21.1. The number of carboxylic acids is 1. The third-order valence-corrected chi connectivity index (χ3v) is 4.91. The number of carbonyl (C=O) groups is 2. The van der Waals surface area contributed by atoms with Gasteiger partial charge in [0.1, 0.15) is 12.6 Å². The van der Waals surface area contributed by atoms with Crippen LogP contribution < -0.4 is 5.73 Å². The molecule has 0 unspecified atom stereocenters. The molecule has 0 spiro atoms. The molecule has 4 rings (SSSR count). The summed E-state index contributed by atoms with van der Waals surface area (Å²) < 4.78 is 4.67. The van der Waals surface area contributed by atoms with Crippen molar-refractivity contribution in [2.45, 2.75) is 25.5 Å². The standard InChI is InChI=1S/C15H12O3.C9H11NO2/c16-15(17)18-9-11-5-3-7-13-12-6-2-1-4-10(12)8-14(11)13;10-8(9(11)12)6-7-4-2-1-3-5-7/h1-7H,8-9H2,(H,16,17);1-5,8H,6,10H2,(H,11,12)/t;8-/m.0/s1. The van der Waals surface area contributed by atoms with Crippen LogP contribution in [0.3, 0.4) is 0 Å². The van der Waals surface area contributed by atoms with Gasteiger partial charge in [-0.15, -0.1) is 0 Å². The molecule has 6 heteroatoms. The van der Waals surface area contributed by atoms with Crippen LogP contribution in [0.25, 0.3) is 11.1 Å². The van der Waals surface area contributed by atoms with Crippen LogP contribution in [0.5, 0.6) is 0 Å². The van der Waals surface area contributed by atoms with Gasteiger partial charge in [-0.25, -0.2) is 4.79 Å². The molecule has 30 heavy (non-hydrogen) atoms. The van der Waals surface area contributed by atoms with Crippen molar-refractivity contribution < 1.29 is 24.5 Å². The van der Waals surface area contributed by atoms with Crippen LogP contribution in [0.2, 0.25) is 0 Å². The fraction of sp³-hybridized carbons (Fsp3) is 0.167. The Bertz CT molecular complexity index is 1030. The third-order valence-electron chi connectivity index (χ3n) is 4.91. The van der Waals surface area contributed by atoms with Gasteiger partial charge in [0.2, 0.25) is 0 Å². The molecule has 1 aliphatic rings. The number of hydrogen-bond donors (Lipinski definition) is 3. The highest BCUT2D eigenvalue weighted by Crippen LogP contribution is 2.38. The third kappa shape index (κ3) is 5.24. The first-order valence-corrected chi connectivity index (χ1v) is 9.52. The zero-order valence-electron chi connectivity index (χ0n) is 16.3. The van der Waals surface area contributed by atoms with Crippen molar-refractivity contribution in [3.63, 3.8) is 0 Å². The van der Waals surface area contributed by atoms with Crippen molar-refractivity contribution in [3.8, 4) is 11.1 Å². The summed E-state index contributed by atoms with van der Waals surface area (Å²) in [6.45, 7) is 0.118. The fourth-order valence-electron chi connectivity index (χ4n) is 3.45. The molecule has 3 aromatic carbocycles. The Kier molecular flexibility index (Phi) is 6.83. The van der Waals surface area contributed by atoms with E-state index in [0.717, 1.165) is 17.5 Å². The number of benzene rings is 3. The predicted octanol–water partition coefficient (Wildman–Crippen LogP) is 4.09. The van der Waals surface area contributed by atoms with Gasteiger partial charge in [0.25, 0.3) is 0 Å². The van der Waals surface area contributed by atoms with Crippen molar-refractivity contribution in [2.75, 3.05) is 0 Å². The van der Waals surface area contributed by atoms with Crippen LogP contribution in [-0.4, -0.2) is 28.4 Å². The van der Waals surface area contributed by atoms with Crippen LogP contribution in [0, 0.1) is 0 Å². The molecule has 0 radical (unpaired) electrons. The predicted molar refractivity (Wildman–Crippen MR) is 113 cm³/mol. The summed E-state index contributed by atoms with van der Waals surface area (Å²) in [6.07, 6.45) is 0.00371. The minimum Gasteiger partial charge on any atom is -0.480 e. The van der Waals surface area contributed by atoms with Crippen molar-refractivity contribution in [2.24, 2.45) is 5.73 Å². The lowest BCUT2D eigenvalue weighted by Crippen LogP contribution is -2.32. The van der Waals surface area contributed by atoms with Crippen LogP contribution in [0.4, 0.5) is 4.79 Å². The molecule has 1 atom stereocenters. The highest BCUT2D eigenvalue weighted by molar-refractivity contribution is 5.78. The van der Waals surface area contributed by atoms with Crippen LogP contribution in [-0.2, 0) is 29.0 Å². The van der Waals surface area contributed by atoms with E-state index in [-0.39, 0.29) is 6.61 Å². The van der Waals surface area contributed by atoms with E-state index in [9.17, 15) is 9.59 Å². The Labute approximate surface area is 174 Å². The molecule has 0 aliphatic heterocycles. The largest absolute Gasteiger partial charge is 0.506 e. The second-order valence-electron chi connectivity index (χ2n) is 6.97. The lowest BCUT2D eigenvalue weighted by Gasteiger charge is -2.07. The molecule has 0 aromatic heterocycles. The van der Waals surface area contributed by atoms with E-state index < -0.39 is 18.2 Å². The molecule has 0 heterocycles. The van der Waals surface area contributed by atoms with Gasteiger partial charge in [-0.2, -0.15) is 0 Å². The van der Waals surface area contributed by atoms with Gasteiger partial charge in [0.05, 0.1) is 0 Å². The number of carboxylic acid groups (broad SMARTS) is 2. The minimum atomic E-state index is -1.23. The topological polar surface area (TPSA) is 110 Å². The average molecular weight is 405 g/mol. The molecular formula is C24H23NO5. The van der Waals surface area contributed by atoms with Gasteiger partial charge in [-0.3, -0.25) is 4.79 Å². The molecule has 1 aliphatic carbocycles. The van der Waals surface area contributed by atoms with Crippen molar-refractivity contribution >= 4 is 12.1 Å². The van der Waals surface area contributed by atoms with E-state index in [1.54, 1.807) is 0 Å². The zero-order chi connectivity index (χ0) is 21.5. The van der Waals surface area contributed by atoms with Crippen molar-refractivity contribution in [1.82, 2.24) is 0 Å². The van der Waals surface area contributed by atoms with E-state index in [4.69, 9.17) is 15.9 Å². The molecule has 0 bridgehead atoms. The number of fused-ring (bicyclic) bond motifs is 3. The summed E-state index contributed by atoms with van der Waals surface area (Å²) in [4.78, 5) is 20.8. The molecule has 0 saturated carbocycles. The number of rotatable bonds is 5. The SMILES string of the molecule is N[C@@H](Cc1ccccc1)C(=O)O.O=C(O)OCc1cccc2c1Cc1ccccc1-2. The van der Waals surface area contributed by atoms with Crippen LogP contribution >= 0.6 is 0 Å². The maximum Gasteiger partial charge on any atom is 0.506 e. The van der Waals surface area contributed by atoms with E-state index in [0.29, 0.717) is 6.42 Å². The Morgan fingerprint density at radius 1 is 0.900 bits per heavy atom. The van der Waals surface area contributed by atoms with E-state index >= 15 is 0 Å². The monoisotopic (exact) mass is 405 g/mol. The van der Waals surface area contributed by atoms with Gasteiger partial charge in [-0.1, -0.05) is 72.8 Å². The normalized spacial score (nSPS) is 12.0. The second kappa shape index (κ2) is 9.71. The first-order valence-electron chi connectivity index (χ1n) is 9.52. The Balaban J connectivity index is 0.000000187. The van der Waals surface area contributed by atoms with Crippen molar-refractivity contribution in [3.05, 3.63) is 95.1 Å². The summed E-state index contributed by atoms with van der Waals surface area (Å²) in [7, 11) is 0. The van der Waals surface area contributed by atoms with E-state index in [1.807, 2.05) is 54.6 Å². The number of hydrogen-bond acceptors (Lipinski definition) is 4. The molecule has 0 amide bonds. The lowest BCUT2D eigenvalue weighted by molar-refractivity contribution is -0.138. The van der Waals surface area contributed by atoms with Gasteiger partial charge >= 0.3 is 12.1 Å². The Morgan fingerprint density at radius 3 is 2.27 bits per heavy atom. The number of nitrogens with two attached hydrogens (primary N) is 1. The van der Waals surface area contributed by atoms with Crippen LogP contribution in [0.1, 0.15) is 22.3 Å². The molecule has 4 N–H and O–H groups in total. The minimum absolute atomic E-state index is 0.118. The summed E-state index contributed by atoms with van der Waals surface area (Å²) in [5.41, 5.74) is 12.2. The smallest absolute Gasteiger partial charge is 0.480 e. The summed E-state index contributed by atoms with van der Waals surface area (Å²) in [5, 5.41) is 17.1. The zero-order valence-corrected chi connectivity index (χ0v) is 16.3. The lowest BCUT2D eigenvalue weighted by atomic mass is 10.0. The molecule has 0 fully saturated rings. The maximum absolute atomic E-state index is 10.5. The highest BCUT2D eigenvalue weighted by Gasteiger charge is 2.20. The summed E-state index contributed by atoms with van der Waals surface area (Å²) in [5.74, 6) is -0.959. The quantitative estimate of drug-likeness (QED) is 0.431. The number of ether oxygens (including phenoxy) is 1. The summed E-state index contributed by atoms with van der Waals surface area (Å²) >= 11 is 0. The van der Waals surface area contributed by atoms with Gasteiger partial charge in [0.15, 0.2) is 0 Å². The van der Waals surface area contributed by atoms with E-state index in [2.05, 4.69) is 22.9 Å². The Hall–Kier alpha value is -3.64. The molecule has 154 valence electrons. The molecular weight excluding hydrogens is 382 g/mol. The number of aliphatic carboxylic acids is 1. The van der Waals surface area contributed by atoms with Gasteiger partial charge in [-0.05, 0) is 46.2 Å². The Morgan fingerprint density at radius 2 is 1.57 bits per heavy atom. The average Bonchev–Trinajstić information content (AvgIpc) is 3.12. The van der Waals surface area contributed by atoms with Gasteiger partial charge < -0.3 is 20.7 Å². The first-order chi connectivity index (χ1) is 14.5. The van der Waals surface area contributed by atoms with E-state index in [1.165, 1.54) is 22.3 Å². The fourth-order valence-corrected chi connectivity index (χ4v) is 3.45. The van der Waals surface area contributed by atoms with Crippen molar-refractivity contribution in [1.29, 1.82) is 0 Å². The van der Waals surface area contributed by atoms with Crippen LogP contribution in [0.15, 0.2) is 72.8 Å². The highest BCUT2D eigenvalue weighted by atomic mass is 16.7. The summed E-state index contributed by atoms with van der Waals surface area (Å²) in [6, 6.07) is 22.7. The molecule has 0 saturated heterocycles. The van der Waals surface area contributed by atoms with Gasteiger partial charge in [0, 0.05) is 0 Å².